The van der Waals surface area contributed by atoms with E-state index in [-0.39, 0.29) is 17.7 Å². The van der Waals surface area contributed by atoms with E-state index >= 15 is 0 Å². The fraction of sp³-hybridized carbons (Fsp3) is 0.308. The Morgan fingerprint density at radius 3 is 2.56 bits per heavy atom. The van der Waals surface area contributed by atoms with Gasteiger partial charge in [-0.05, 0) is 61.2 Å². The van der Waals surface area contributed by atoms with Gasteiger partial charge >= 0.3 is 0 Å². The summed E-state index contributed by atoms with van der Waals surface area (Å²) in [5, 5.41) is 2.98. The highest BCUT2D eigenvalue weighted by molar-refractivity contribution is 5.91. The van der Waals surface area contributed by atoms with Gasteiger partial charge in [-0.15, -0.1) is 0 Å². The number of furan rings is 1. The van der Waals surface area contributed by atoms with Crippen LogP contribution in [0.3, 0.4) is 0 Å². The van der Waals surface area contributed by atoms with Crippen molar-refractivity contribution in [1.29, 1.82) is 0 Å². The summed E-state index contributed by atoms with van der Waals surface area (Å²) in [5.41, 5.74) is 3.26. The Hall–Kier alpha value is -3.54. The number of nitrogens with zero attached hydrogens (tertiary/aromatic N) is 2. The van der Waals surface area contributed by atoms with Crippen molar-refractivity contribution >= 4 is 16.9 Å². The third kappa shape index (κ3) is 4.85. The normalized spacial score (nSPS) is 12.2. The van der Waals surface area contributed by atoms with Crippen LogP contribution in [0.1, 0.15) is 61.1 Å². The molecule has 0 aliphatic carbocycles. The van der Waals surface area contributed by atoms with Gasteiger partial charge in [0.25, 0.3) is 5.91 Å². The van der Waals surface area contributed by atoms with Gasteiger partial charge in [0.2, 0.25) is 0 Å². The number of hydrogen-bond acceptors (Lipinski definition) is 4. The van der Waals surface area contributed by atoms with Gasteiger partial charge in [-0.25, -0.2) is 4.98 Å². The number of benzene rings is 2. The van der Waals surface area contributed by atoms with Crippen LogP contribution in [-0.4, -0.2) is 22.1 Å². The summed E-state index contributed by atoms with van der Waals surface area (Å²) in [7, 11) is 0. The number of hydrogen-bond donors (Lipinski definition) is 1. The van der Waals surface area contributed by atoms with Crippen molar-refractivity contribution in [2.45, 2.75) is 45.7 Å². The Kier molecular flexibility index (Phi) is 6.59. The standard InChI is InChI=1S/C26H29N3O3/c1-18(2)20-11-13-21(14-12-20)31-17-7-15-29-23-9-5-4-8-22(23)28-25(29)19(3)27-26(30)24-10-6-16-32-24/h4-6,8-14,16,18-19H,7,15,17H2,1-3H3,(H,27,30). The Morgan fingerprint density at radius 1 is 1.06 bits per heavy atom. The molecule has 0 bridgehead atoms. The molecule has 2 heterocycles. The third-order valence-corrected chi connectivity index (χ3v) is 5.51. The molecule has 2 aromatic carbocycles. The molecular weight excluding hydrogens is 402 g/mol. The smallest absolute Gasteiger partial charge is 0.287 e. The lowest BCUT2D eigenvalue weighted by Gasteiger charge is -2.16. The first kappa shape index (κ1) is 21.7. The average Bonchev–Trinajstić information content (AvgIpc) is 3.45. The van der Waals surface area contributed by atoms with E-state index in [0.29, 0.717) is 12.5 Å². The molecule has 0 aliphatic heterocycles. The van der Waals surface area contributed by atoms with Crippen molar-refractivity contribution in [3.63, 3.8) is 0 Å². The second-order valence-electron chi connectivity index (χ2n) is 8.21. The molecule has 1 N–H and O–H groups in total. The minimum atomic E-state index is -0.274. The molecule has 4 aromatic rings. The molecule has 0 radical (unpaired) electrons. The van der Waals surface area contributed by atoms with Crippen LogP contribution in [0.15, 0.2) is 71.3 Å². The third-order valence-electron chi connectivity index (χ3n) is 5.51. The van der Waals surface area contributed by atoms with E-state index in [4.69, 9.17) is 14.1 Å². The summed E-state index contributed by atoms with van der Waals surface area (Å²) >= 11 is 0. The molecule has 1 amide bonds. The van der Waals surface area contributed by atoms with Crippen LogP contribution in [0.5, 0.6) is 5.75 Å². The van der Waals surface area contributed by atoms with E-state index in [9.17, 15) is 4.79 Å². The van der Waals surface area contributed by atoms with E-state index in [1.807, 2.05) is 37.3 Å². The van der Waals surface area contributed by atoms with Crippen LogP contribution in [0.4, 0.5) is 0 Å². The lowest BCUT2D eigenvalue weighted by molar-refractivity contribution is 0.0909. The molecule has 2 aromatic heterocycles. The van der Waals surface area contributed by atoms with E-state index in [2.05, 4.69) is 41.9 Å². The van der Waals surface area contributed by atoms with Gasteiger partial charge in [0.15, 0.2) is 5.76 Å². The van der Waals surface area contributed by atoms with Crippen LogP contribution in [-0.2, 0) is 6.54 Å². The zero-order valence-corrected chi connectivity index (χ0v) is 18.7. The molecule has 6 heteroatoms. The summed E-state index contributed by atoms with van der Waals surface area (Å²) < 4.78 is 13.3. The molecule has 166 valence electrons. The number of fused-ring (bicyclic) bond motifs is 1. The first-order valence-corrected chi connectivity index (χ1v) is 11.0. The van der Waals surface area contributed by atoms with Gasteiger partial charge in [0.05, 0.1) is 29.9 Å². The zero-order valence-electron chi connectivity index (χ0n) is 18.7. The number of amides is 1. The summed E-state index contributed by atoms with van der Waals surface area (Å²) in [4.78, 5) is 17.2. The maximum atomic E-state index is 12.4. The fourth-order valence-electron chi connectivity index (χ4n) is 3.76. The Labute approximate surface area is 188 Å². The Balaban J connectivity index is 1.43. The number of rotatable bonds is 9. The quantitative estimate of drug-likeness (QED) is 0.345. The predicted octanol–water partition coefficient (Wildman–Crippen LogP) is 5.71. The molecule has 4 rings (SSSR count). The molecule has 6 nitrogen and oxygen atoms in total. The van der Waals surface area contributed by atoms with Crippen molar-refractivity contribution < 1.29 is 13.9 Å². The summed E-state index contributed by atoms with van der Waals surface area (Å²) in [6.07, 6.45) is 2.31. The van der Waals surface area contributed by atoms with Crippen LogP contribution in [0.2, 0.25) is 0 Å². The molecule has 1 unspecified atom stereocenters. The highest BCUT2D eigenvalue weighted by Gasteiger charge is 2.20. The van der Waals surface area contributed by atoms with Gasteiger partial charge < -0.3 is 19.0 Å². The van der Waals surface area contributed by atoms with E-state index < -0.39 is 0 Å². The number of carbonyl (C=O) groups is 1. The molecule has 1 atom stereocenters. The molecular formula is C26H29N3O3. The van der Waals surface area contributed by atoms with Crippen molar-refractivity contribution in [3.8, 4) is 5.75 Å². The van der Waals surface area contributed by atoms with Gasteiger partial charge in [-0.1, -0.05) is 38.1 Å². The summed E-state index contributed by atoms with van der Waals surface area (Å²) in [6.45, 7) is 7.63. The number of aromatic nitrogens is 2. The van der Waals surface area contributed by atoms with Crippen molar-refractivity contribution in [2.75, 3.05) is 6.61 Å². The highest BCUT2D eigenvalue weighted by atomic mass is 16.5. The van der Waals surface area contributed by atoms with E-state index in [0.717, 1.165) is 35.6 Å². The molecule has 0 spiro atoms. The van der Waals surface area contributed by atoms with Crippen LogP contribution in [0.25, 0.3) is 11.0 Å². The first-order valence-electron chi connectivity index (χ1n) is 11.0. The van der Waals surface area contributed by atoms with E-state index in [1.54, 1.807) is 12.1 Å². The van der Waals surface area contributed by atoms with Crippen LogP contribution < -0.4 is 10.1 Å². The highest BCUT2D eigenvalue weighted by Crippen LogP contribution is 2.22. The van der Waals surface area contributed by atoms with Crippen molar-refractivity contribution in [2.24, 2.45) is 0 Å². The molecule has 0 aliphatic rings. The Morgan fingerprint density at radius 2 is 1.84 bits per heavy atom. The topological polar surface area (TPSA) is 69.3 Å². The SMILES string of the molecule is CC(C)c1ccc(OCCCn2c(C(C)NC(=O)c3ccco3)nc3ccccc32)cc1. The Bertz CT molecular complexity index is 1160. The van der Waals surface area contributed by atoms with E-state index in [1.165, 1.54) is 11.8 Å². The number of para-hydroxylation sites is 2. The fourth-order valence-corrected chi connectivity index (χ4v) is 3.76. The molecule has 0 saturated heterocycles. The maximum absolute atomic E-state index is 12.4. The number of aryl methyl sites for hydroxylation is 1. The lowest BCUT2D eigenvalue weighted by Crippen LogP contribution is -2.28. The number of nitrogens with one attached hydrogen (secondary N) is 1. The summed E-state index contributed by atoms with van der Waals surface area (Å²) in [6, 6.07) is 19.4. The minimum absolute atomic E-state index is 0.255. The largest absolute Gasteiger partial charge is 0.494 e. The second-order valence-corrected chi connectivity index (χ2v) is 8.21. The van der Waals surface area contributed by atoms with Gasteiger partial charge in [-0.3, -0.25) is 4.79 Å². The lowest BCUT2D eigenvalue weighted by atomic mass is 10.0. The molecule has 0 fully saturated rings. The van der Waals surface area contributed by atoms with Crippen LogP contribution in [0, 0.1) is 0 Å². The number of imidazole rings is 1. The zero-order chi connectivity index (χ0) is 22.5. The number of ether oxygens (including phenoxy) is 1. The van der Waals surface area contributed by atoms with Crippen LogP contribution >= 0.6 is 0 Å². The van der Waals surface area contributed by atoms with Crippen molar-refractivity contribution in [3.05, 3.63) is 84.1 Å². The molecule has 32 heavy (non-hydrogen) atoms. The minimum Gasteiger partial charge on any atom is -0.494 e. The van der Waals surface area contributed by atoms with Crippen molar-refractivity contribution in [1.82, 2.24) is 14.9 Å². The number of carbonyl (C=O) groups excluding carboxylic acids is 1. The summed E-state index contributed by atoms with van der Waals surface area (Å²) in [5.74, 6) is 2.23. The predicted molar refractivity (Wildman–Crippen MR) is 125 cm³/mol. The van der Waals surface area contributed by atoms with Gasteiger partial charge in [0.1, 0.15) is 11.6 Å². The first-order chi connectivity index (χ1) is 15.5. The van der Waals surface area contributed by atoms with Gasteiger partial charge in [0, 0.05) is 6.54 Å². The maximum Gasteiger partial charge on any atom is 0.287 e. The second kappa shape index (κ2) is 9.73. The monoisotopic (exact) mass is 431 g/mol. The molecule has 0 saturated carbocycles. The average molecular weight is 432 g/mol. The van der Waals surface area contributed by atoms with Gasteiger partial charge in [-0.2, -0.15) is 0 Å².